The molecule has 1 aromatic carbocycles. The molecule has 0 radical (unpaired) electrons. The van der Waals surface area contributed by atoms with Crippen molar-refractivity contribution < 1.29 is 8.42 Å². The van der Waals surface area contributed by atoms with Gasteiger partial charge in [0, 0.05) is 13.1 Å². The first kappa shape index (κ1) is 15.3. The van der Waals surface area contributed by atoms with Gasteiger partial charge in [0.15, 0.2) is 0 Å². The summed E-state index contributed by atoms with van der Waals surface area (Å²) in [6.45, 7) is 5.54. The number of benzene rings is 1. The Labute approximate surface area is 121 Å². The molecular weight excluding hydrogens is 274 g/mol. The van der Waals surface area contributed by atoms with Crippen molar-refractivity contribution in [3.8, 4) is 0 Å². The van der Waals surface area contributed by atoms with Gasteiger partial charge < -0.3 is 10.6 Å². The summed E-state index contributed by atoms with van der Waals surface area (Å²) in [4.78, 5) is 2.46. The van der Waals surface area contributed by atoms with Crippen LogP contribution in [0.15, 0.2) is 29.2 Å². The maximum atomic E-state index is 12.1. The summed E-state index contributed by atoms with van der Waals surface area (Å²) in [7, 11) is -3.50. The SMILES string of the molecule is CC1CCN(CCNS(=O)(=O)c2ccccc2N)CC1. The third-order valence-corrected chi connectivity index (χ3v) is 5.34. The molecular formula is C14H23N3O2S. The highest BCUT2D eigenvalue weighted by molar-refractivity contribution is 7.89. The molecule has 1 aliphatic heterocycles. The lowest BCUT2D eigenvalue weighted by atomic mass is 9.99. The maximum Gasteiger partial charge on any atom is 0.242 e. The molecule has 1 aliphatic rings. The molecule has 0 bridgehead atoms. The topological polar surface area (TPSA) is 75.4 Å². The molecule has 3 N–H and O–H groups in total. The average molecular weight is 297 g/mol. The minimum atomic E-state index is -3.50. The summed E-state index contributed by atoms with van der Waals surface area (Å²) in [6.07, 6.45) is 2.39. The maximum absolute atomic E-state index is 12.1. The van der Waals surface area contributed by atoms with Gasteiger partial charge in [-0.05, 0) is 44.0 Å². The highest BCUT2D eigenvalue weighted by atomic mass is 32.2. The minimum absolute atomic E-state index is 0.160. The monoisotopic (exact) mass is 297 g/mol. The first-order chi connectivity index (χ1) is 9.49. The normalized spacial score (nSPS) is 18.2. The quantitative estimate of drug-likeness (QED) is 0.803. The third kappa shape index (κ3) is 3.94. The lowest BCUT2D eigenvalue weighted by Gasteiger charge is -2.30. The van der Waals surface area contributed by atoms with Gasteiger partial charge in [-0.15, -0.1) is 0 Å². The second-order valence-electron chi connectivity index (χ2n) is 5.46. The Kier molecular flexibility index (Phi) is 5.01. The highest BCUT2D eigenvalue weighted by Crippen LogP contribution is 2.17. The van der Waals surface area contributed by atoms with Gasteiger partial charge in [-0.25, -0.2) is 13.1 Å². The van der Waals surface area contributed by atoms with Crippen LogP contribution in [0.3, 0.4) is 0 Å². The fourth-order valence-electron chi connectivity index (χ4n) is 2.43. The standard InChI is InChI=1S/C14H23N3O2S/c1-12-6-9-17(10-7-12)11-8-16-20(18,19)14-5-3-2-4-13(14)15/h2-5,12,16H,6-11,15H2,1H3. The zero-order chi connectivity index (χ0) is 14.6. The number of hydrogen-bond donors (Lipinski definition) is 2. The van der Waals surface area contributed by atoms with Crippen LogP contribution < -0.4 is 10.5 Å². The van der Waals surface area contributed by atoms with Crippen molar-refractivity contribution in [2.45, 2.75) is 24.7 Å². The van der Waals surface area contributed by atoms with E-state index >= 15 is 0 Å². The fourth-order valence-corrected chi connectivity index (χ4v) is 3.58. The Morgan fingerprint density at radius 3 is 2.60 bits per heavy atom. The van der Waals surface area contributed by atoms with Crippen LogP contribution in [-0.4, -0.2) is 39.5 Å². The van der Waals surface area contributed by atoms with E-state index in [9.17, 15) is 8.42 Å². The summed E-state index contributed by atoms with van der Waals surface area (Å²) in [5.41, 5.74) is 5.99. The number of nitrogens with one attached hydrogen (secondary N) is 1. The molecule has 2 rings (SSSR count). The van der Waals surface area contributed by atoms with Gasteiger partial charge in [-0.1, -0.05) is 19.1 Å². The second kappa shape index (κ2) is 6.56. The van der Waals surface area contributed by atoms with Crippen LogP contribution >= 0.6 is 0 Å². The number of sulfonamides is 1. The molecule has 0 atom stereocenters. The molecule has 6 heteroatoms. The van der Waals surface area contributed by atoms with Crippen molar-refractivity contribution in [2.75, 3.05) is 31.9 Å². The van der Waals surface area contributed by atoms with Crippen LogP contribution in [0.1, 0.15) is 19.8 Å². The zero-order valence-electron chi connectivity index (χ0n) is 11.9. The van der Waals surface area contributed by atoms with Crippen molar-refractivity contribution in [2.24, 2.45) is 5.92 Å². The lowest BCUT2D eigenvalue weighted by Crippen LogP contribution is -2.39. The molecule has 112 valence electrons. The fraction of sp³-hybridized carbons (Fsp3) is 0.571. The second-order valence-corrected chi connectivity index (χ2v) is 7.20. The molecule has 1 aromatic rings. The van der Waals surface area contributed by atoms with Crippen molar-refractivity contribution in [3.05, 3.63) is 24.3 Å². The molecule has 1 saturated heterocycles. The van der Waals surface area contributed by atoms with Gasteiger partial charge in [0.2, 0.25) is 10.0 Å². The van der Waals surface area contributed by atoms with Gasteiger partial charge in [0.05, 0.1) is 5.69 Å². The van der Waals surface area contributed by atoms with E-state index in [2.05, 4.69) is 16.5 Å². The molecule has 5 nitrogen and oxygen atoms in total. The summed E-state index contributed by atoms with van der Waals surface area (Å²) in [5, 5.41) is 0. The molecule has 1 fully saturated rings. The molecule has 0 aliphatic carbocycles. The van der Waals surface area contributed by atoms with Gasteiger partial charge in [-0.2, -0.15) is 0 Å². The van der Waals surface area contributed by atoms with E-state index in [1.807, 2.05) is 0 Å². The van der Waals surface area contributed by atoms with Gasteiger partial charge >= 0.3 is 0 Å². The predicted octanol–water partition coefficient (Wildman–Crippen LogP) is 1.28. The van der Waals surface area contributed by atoms with Crippen LogP contribution in [0.2, 0.25) is 0 Å². The van der Waals surface area contributed by atoms with E-state index in [0.717, 1.165) is 25.6 Å². The number of likely N-dealkylation sites (tertiary alicyclic amines) is 1. The van der Waals surface area contributed by atoms with E-state index in [4.69, 9.17) is 5.73 Å². The van der Waals surface area contributed by atoms with Crippen LogP contribution in [0.25, 0.3) is 0 Å². The molecule has 0 saturated carbocycles. The smallest absolute Gasteiger partial charge is 0.242 e. The van der Waals surface area contributed by atoms with E-state index in [0.29, 0.717) is 6.54 Å². The summed E-state index contributed by atoms with van der Waals surface area (Å²) < 4.78 is 26.9. The number of piperidine rings is 1. The Balaban J connectivity index is 1.86. The lowest BCUT2D eigenvalue weighted by molar-refractivity contribution is 0.195. The molecule has 0 amide bonds. The highest BCUT2D eigenvalue weighted by Gasteiger charge is 2.18. The summed E-state index contributed by atoms with van der Waals surface area (Å²) in [6, 6.07) is 6.53. The summed E-state index contributed by atoms with van der Waals surface area (Å²) in [5.74, 6) is 0.784. The zero-order valence-corrected chi connectivity index (χ0v) is 12.7. The van der Waals surface area contributed by atoms with Crippen molar-refractivity contribution >= 4 is 15.7 Å². The third-order valence-electron chi connectivity index (χ3n) is 3.80. The largest absolute Gasteiger partial charge is 0.398 e. The van der Waals surface area contributed by atoms with Crippen molar-refractivity contribution in [3.63, 3.8) is 0 Å². The van der Waals surface area contributed by atoms with Gasteiger partial charge in [-0.3, -0.25) is 0 Å². The number of rotatable bonds is 5. The molecule has 0 unspecified atom stereocenters. The first-order valence-electron chi connectivity index (χ1n) is 7.05. The molecule has 1 heterocycles. The van der Waals surface area contributed by atoms with Crippen LogP contribution in [0.4, 0.5) is 5.69 Å². The van der Waals surface area contributed by atoms with Gasteiger partial charge in [0.1, 0.15) is 4.90 Å². The number of para-hydroxylation sites is 1. The minimum Gasteiger partial charge on any atom is -0.398 e. The van der Waals surface area contributed by atoms with E-state index < -0.39 is 10.0 Å². The van der Waals surface area contributed by atoms with Crippen molar-refractivity contribution in [1.29, 1.82) is 0 Å². The van der Waals surface area contributed by atoms with Crippen LogP contribution in [-0.2, 0) is 10.0 Å². The molecule has 20 heavy (non-hydrogen) atoms. The number of anilines is 1. The van der Waals surface area contributed by atoms with Crippen LogP contribution in [0.5, 0.6) is 0 Å². The van der Waals surface area contributed by atoms with Crippen molar-refractivity contribution in [1.82, 2.24) is 9.62 Å². The number of hydrogen-bond acceptors (Lipinski definition) is 4. The molecule has 0 spiro atoms. The van der Waals surface area contributed by atoms with E-state index in [1.165, 1.54) is 18.9 Å². The Morgan fingerprint density at radius 1 is 1.30 bits per heavy atom. The van der Waals surface area contributed by atoms with Gasteiger partial charge in [0.25, 0.3) is 0 Å². The first-order valence-corrected chi connectivity index (χ1v) is 8.54. The molecule has 0 aromatic heterocycles. The Bertz CT molecular complexity index is 537. The van der Waals surface area contributed by atoms with E-state index in [1.54, 1.807) is 18.2 Å². The number of nitrogen functional groups attached to an aromatic ring is 1. The average Bonchev–Trinajstić information content (AvgIpc) is 2.41. The van der Waals surface area contributed by atoms with E-state index in [-0.39, 0.29) is 10.6 Å². The van der Waals surface area contributed by atoms with Crippen LogP contribution in [0, 0.1) is 5.92 Å². The predicted molar refractivity (Wildman–Crippen MR) is 80.9 cm³/mol. The summed E-state index contributed by atoms with van der Waals surface area (Å²) >= 11 is 0. The Hall–Kier alpha value is -1.11. The number of nitrogens with zero attached hydrogens (tertiary/aromatic N) is 1. The number of nitrogens with two attached hydrogens (primary N) is 1. The Morgan fingerprint density at radius 2 is 1.95 bits per heavy atom.